The molecule has 0 aliphatic carbocycles. The number of hydrogen-bond donors (Lipinski definition) is 1. The Balaban J connectivity index is 1.69. The third kappa shape index (κ3) is 4.70. The predicted octanol–water partition coefficient (Wildman–Crippen LogP) is 4.27. The molecule has 1 N–H and O–H groups in total. The first-order valence-corrected chi connectivity index (χ1v) is 11.5. The zero-order valence-corrected chi connectivity index (χ0v) is 18.7. The average Bonchev–Trinajstić information content (AvgIpc) is 2.59. The van der Waals surface area contributed by atoms with Crippen LogP contribution < -0.4 is 5.32 Å². The standard InChI is InChI=1S/C23H30N2O3S/c1-15-10-16(2)14-21(13-15)24-23(26)20-6-8-25(9-7-20)29(27,28)22-18(4)11-17(3)12-19(22)5/h10-14,20H,6-9H2,1-5H3,(H,24,26). The zero-order chi connectivity index (χ0) is 21.3. The quantitative estimate of drug-likeness (QED) is 0.812. The number of carbonyl (C=O) groups is 1. The second-order valence-corrected chi connectivity index (χ2v) is 10.1. The Morgan fingerprint density at radius 3 is 1.86 bits per heavy atom. The van der Waals surface area contributed by atoms with Gasteiger partial charge in [0.25, 0.3) is 0 Å². The SMILES string of the molecule is Cc1cc(C)cc(NC(=O)C2CCN(S(=O)(=O)c3c(C)cc(C)cc3C)CC2)c1. The highest BCUT2D eigenvalue weighted by Crippen LogP contribution is 2.29. The summed E-state index contributed by atoms with van der Waals surface area (Å²) in [6, 6.07) is 9.78. The molecule has 3 rings (SSSR count). The van der Waals surface area contributed by atoms with Crippen LogP contribution in [-0.2, 0) is 14.8 Å². The van der Waals surface area contributed by atoms with Crippen molar-refractivity contribution in [1.29, 1.82) is 0 Å². The number of nitrogens with one attached hydrogen (secondary N) is 1. The summed E-state index contributed by atoms with van der Waals surface area (Å²) in [6.45, 7) is 10.4. The van der Waals surface area contributed by atoms with E-state index in [4.69, 9.17) is 0 Å². The molecule has 0 aromatic heterocycles. The van der Waals surface area contributed by atoms with Crippen LogP contribution in [0.1, 0.15) is 40.7 Å². The van der Waals surface area contributed by atoms with Crippen LogP contribution in [0.2, 0.25) is 0 Å². The molecule has 2 aromatic carbocycles. The summed E-state index contributed by atoms with van der Waals surface area (Å²) in [7, 11) is -3.56. The number of sulfonamides is 1. The van der Waals surface area contributed by atoms with Crippen LogP contribution in [0.5, 0.6) is 0 Å². The van der Waals surface area contributed by atoms with Crippen molar-refractivity contribution in [2.45, 2.75) is 52.4 Å². The molecule has 0 saturated carbocycles. The van der Waals surface area contributed by atoms with Crippen LogP contribution in [0.3, 0.4) is 0 Å². The van der Waals surface area contributed by atoms with Crippen molar-refractivity contribution in [1.82, 2.24) is 4.31 Å². The summed E-state index contributed by atoms with van der Waals surface area (Å²) in [5.74, 6) is -0.211. The molecule has 29 heavy (non-hydrogen) atoms. The first kappa shape index (κ1) is 21.5. The molecule has 0 unspecified atom stereocenters. The minimum atomic E-state index is -3.56. The molecule has 5 nitrogen and oxygen atoms in total. The van der Waals surface area contributed by atoms with Gasteiger partial charge in [0.05, 0.1) is 4.90 Å². The maximum absolute atomic E-state index is 13.2. The minimum Gasteiger partial charge on any atom is -0.326 e. The highest BCUT2D eigenvalue weighted by atomic mass is 32.2. The number of aryl methyl sites for hydroxylation is 5. The van der Waals surface area contributed by atoms with Gasteiger partial charge in [-0.2, -0.15) is 4.31 Å². The van der Waals surface area contributed by atoms with Crippen molar-refractivity contribution in [3.8, 4) is 0 Å². The molecule has 1 saturated heterocycles. The van der Waals surface area contributed by atoms with Crippen molar-refractivity contribution >= 4 is 21.6 Å². The number of nitrogens with zero attached hydrogens (tertiary/aromatic N) is 1. The second-order valence-electron chi connectivity index (χ2n) is 8.27. The number of rotatable bonds is 4. The molecule has 156 valence electrons. The monoisotopic (exact) mass is 414 g/mol. The van der Waals surface area contributed by atoms with E-state index in [2.05, 4.69) is 11.4 Å². The maximum atomic E-state index is 13.2. The van der Waals surface area contributed by atoms with Gasteiger partial charge in [-0.25, -0.2) is 8.42 Å². The molecule has 0 bridgehead atoms. The van der Waals surface area contributed by atoms with Gasteiger partial charge < -0.3 is 5.32 Å². The Morgan fingerprint density at radius 1 is 0.862 bits per heavy atom. The third-order valence-electron chi connectivity index (χ3n) is 5.52. The highest BCUT2D eigenvalue weighted by Gasteiger charge is 2.33. The van der Waals surface area contributed by atoms with Crippen molar-refractivity contribution in [3.05, 3.63) is 58.1 Å². The van der Waals surface area contributed by atoms with Gasteiger partial charge in [-0.05, 0) is 81.8 Å². The first-order chi connectivity index (χ1) is 13.6. The Kier molecular flexibility index (Phi) is 6.15. The van der Waals surface area contributed by atoms with E-state index >= 15 is 0 Å². The number of hydrogen-bond acceptors (Lipinski definition) is 3. The minimum absolute atomic E-state index is 0.0326. The highest BCUT2D eigenvalue weighted by molar-refractivity contribution is 7.89. The van der Waals surface area contributed by atoms with Gasteiger partial charge in [0.15, 0.2) is 0 Å². The van der Waals surface area contributed by atoms with E-state index < -0.39 is 10.0 Å². The van der Waals surface area contributed by atoms with E-state index in [1.165, 1.54) is 4.31 Å². The van der Waals surface area contributed by atoms with Crippen LogP contribution in [0.4, 0.5) is 5.69 Å². The lowest BCUT2D eigenvalue weighted by molar-refractivity contribution is -0.120. The summed E-state index contributed by atoms with van der Waals surface area (Å²) in [6.07, 6.45) is 1.06. The summed E-state index contributed by atoms with van der Waals surface area (Å²) in [5.41, 5.74) is 5.61. The van der Waals surface area contributed by atoms with Crippen molar-refractivity contribution in [2.75, 3.05) is 18.4 Å². The van der Waals surface area contributed by atoms with Crippen LogP contribution in [0, 0.1) is 40.5 Å². The van der Waals surface area contributed by atoms with Gasteiger partial charge in [0.2, 0.25) is 15.9 Å². The molecule has 1 fully saturated rings. The maximum Gasteiger partial charge on any atom is 0.243 e. The zero-order valence-electron chi connectivity index (χ0n) is 17.9. The lowest BCUT2D eigenvalue weighted by Gasteiger charge is -2.31. The fraction of sp³-hybridized carbons (Fsp3) is 0.435. The van der Waals surface area contributed by atoms with Crippen molar-refractivity contribution < 1.29 is 13.2 Å². The molecular weight excluding hydrogens is 384 g/mol. The lowest BCUT2D eigenvalue weighted by Crippen LogP contribution is -2.41. The van der Waals surface area contributed by atoms with Gasteiger partial charge in [0.1, 0.15) is 0 Å². The molecule has 1 aliphatic heterocycles. The van der Waals surface area contributed by atoms with E-state index in [9.17, 15) is 13.2 Å². The fourth-order valence-electron chi connectivity index (χ4n) is 4.35. The van der Waals surface area contributed by atoms with Gasteiger partial charge >= 0.3 is 0 Å². The number of carbonyl (C=O) groups excluding carboxylic acids is 1. The van der Waals surface area contributed by atoms with Gasteiger partial charge in [-0.15, -0.1) is 0 Å². The Morgan fingerprint density at radius 2 is 1.34 bits per heavy atom. The predicted molar refractivity (Wildman–Crippen MR) is 117 cm³/mol. The number of anilines is 1. The first-order valence-electron chi connectivity index (χ1n) is 10.0. The second kappa shape index (κ2) is 8.28. The fourth-order valence-corrected chi connectivity index (χ4v) is 6.23. The van der Waals surface area contributed by atoms with E-state index in [-0.39, 0.29) is 11.8 Å². The van der Waals surface area contributed by atoms with E-state index in [1.54, 1.807) is 0 Å². The molecule has 2 aromatic rings. The number of benzene rings is 2. The van der Waals surface area contributed by atoms with Crippen LogP contribution in [0.25, 0.3) is 0 Å². The van der Waals surface area contributed by atoms with Crippen molar-refractivity contribution in [2.24, 2.45) is 5.92 Å². The van der Waals surface area contributed by atoms with Crippen LogP contribution in [-0.4, -0.2) is 31.7 Å². The van der Waals surface area contributed by atoms with Crippen LogP contribution >= 0.6 is 0 Å². The summed E-state index contributed by atoms with van der Waals surface area (Å²) in [4.78, 5) is 13.1. The third-order valence-corrected chi connectivity index (χ3v) is 7.72. The molecule has 1 heterocycles. The van der Waals surface area contributed by atoms with Gasteiger partial charge in [-0.3, -0.25) is 4.79 Å². The number of piperidine rings is 1. The summed E-state index contributed by atoms with van der Waals surface area (Å²) in [5, 5.41) is 3.00. The molecule has 6 heteroatoms. The van der Waals surface area contributed by atoms with Gasteiger partial charge in [-0.1, -0.05) is 23.8 Å². The smallest absolute Gasteiger partial charge is 0.243 e. The molecular formula is C23H30N2O3S. The summed E-state index contributed by atoms with van der Waals surface area (Å²) >= 11 is 0. The van der Waals surface area contributed by atoms with Crippen molar-refractivity contribution in [3.63, 3.8) is 0 Å². The Hall–Kier alpha value is -2.18. The lowest BCUT2D eigenvalue weighted by atomic mass is 9.97. The largest absolute Gasteiger partial charge is 0.326 e. The molecule has 0 radical (unpaired) electrons. The topological polar surface area (TPSA) is 66.5 Å². The molecule has 1 amide bonds. The van der Waals surface area contributed by atoms with Gasteiger partial charge in [0, 0.05) is 24.7 Å². The Labute approximate surface area is 174 Å². The van der Waals surface area contributed by atoms with E-state index in [0.717, 1.165) is 33.5 Å². The molecule has 0 atom stereocenters. The van der Waals surface area contributed by atoms with E-state index in [0.29, 0.717) is 30.8 Å². The summed E-state index contributed by atoms with van der Waals surface area (Å²) < 4.78 is 27.9. The molecule has 1 aliphatic rings. The molecule has 0 spiro atoms. The normalized spacial score (nSPS) is 16.0. The van der Waals surface area contributed by atoms with Crippen LogP contribution in [0.15, 0.2) is 35.2 Å². The Bertz CT molecular complexity index is 993. The average molecular weight is 415 g/mol. The number of amides is 1. The van der Waals surface area contributed by atoms with E-state index in [1.807, 2.05) is 58.9 Å².